The number of carbonyl (C=O) groups is 1. The lowest BCUT2D eigenvalue weighted by molar-refractivity contribution is 0.102. The topological polar surface area (TPSA) is 59.3 Å². The molecule has 0 aliphatic heterocycles. The lowest BCUT2D eigenvalue weighted by atomic mass is 10.2. The number of benzene rings is 1. The van der Waals surface area contributed by atoms with Gasteiger partial charge in [-0.2, -0.15) is 0 Å². The van der Waals surface area contributed by atoms with Crippen LogP contribution in [-0.4, -0.2) is 20.3 Å². The minimum absolute atomic E-state index is 0.218. The summed E-state index contributed by atoms with van der Waals surface area (Å²) >= 11 is 7.35. The van der Waals surface area contributed by atoms with Crippen LogP contribution >= 0.6 is 22.9 Å². The van der Waals surface area contributed by atoms with Gasteiger partial charge in [-0.15, -0.1) is 0 Å². The van der Waals surface area contributed by atoms with Gasteiger partial charge in [0.05, 0.1) is 11.4 Å². The Balaban J connectivity index is 1.67. The zero-order chi connectivity index (χ0) is 17.4. The van der Waals surface area contributed by atoms with E-state index in [2.05, 4.69) is 15.3 Å². The molecule has 3 aromatic heterocycles. The minimum atomic E-state index is -0.218. The average molecular weight is 369 g/mol. The molecular weight excluding hydrogens is 356 g/mol. The Morgan fingerprint density at radius 1 is 1.20 bits per heavy atom. The Bertz CT molecular complexity index is 1070. The zero-order valence-electron chi connectivity index (χ0n) is 13.2. The fraction of sp³-hybridized carbons (Fsp3) is 0.0556. The average Bonchev–Trinajstić information content (AvgIpc) is 3.17. The smallest absolute Gasteiger partial charge is 0.267 e. The van der Waals surface area contributed by atoms with E-state index in [1.54, 1.807) is 18.3 Å². The predicted octanol–water partition coefficient (Wildman–Crippen LogP) is 4.67. The molecule has 4 aromatic rings. The summed E-state index contributed by atoms with van der Waals surface area (Å²) in [5, 5.41) is 3.07. The first-order valence-electron chi connectivity index (χ1n) is 7.59. The molecule has 0 bridgehead atoms. The van der Waals surface area contributed by atoms with Crippen LogP contribution in [0.4, 0.5) is 5.69 Å². The van der Waals surface area contributed by atoms with Gasteiger partial charge in [0.2, 0.25) is 0 Å². The van der Waals surface area contributed by atoms with E-state index in [9.17, 15) is 4.79 Å². The van der Waals surface area contributed by atoms with Crippen molar-refractivity contribution >= 4 is 39.5 Å². The van der Waals surface area contributed by atoms with Crippen molar-refractivity contribution in [1.29, 1.82) is 0 Å². The lowest BCUT2D eigenvalue weighted by Gasteiger charge is -2.05. The van der Waals surface area contributed by atoms with Crippen LogP contribution in [0.25, 0.3) is 16.2 Å². The van der Waals surface area contributed by atoms with Gasteiger partial charge in [-0.3, -0.25) is 9.20 Å². The van der Waals surface area contributed by atoms with E-state index in [0.717, 1.165) is 21.9 Å². The van der Waals surface area contributed by atoms with E-state index in [-0.39, 0.29) is 11.1 Å². The highest BCUT2D eigenvalue weighted by Gasteiger charge is 2.19. The third-order valence-electron chi connectivity index (χ3n) is 3.84. The molecule has 1 aromatic carbocycles. The van der Waals surface area contributed by atoms with Gasteiger partial charge in [0.1, 0.15) is 4.88 Å². The number of fused-ring (bicyclic) bond motifs is 1. The van der Waals surface area contributed by atoms with Gasteiger partial charge < -0.3 is 5.32 Å². The van der Waals surface area contributed by atoms with Crippen molar-refractivity contribution < 1.29 is 4.79 Å². The SMILES string of the molecule is Cc1c(C(=O)Nc2cccnc2Cl)sc2nc(-c3ccccc3)cn12. The number of amides is 1. The van der Waals surface area contributed by atoms with Crippen LogP contribution in [0.3, 0.4) is 0 Å². The van der Waals surface area contributed by atoms with Gasteiger partial charge in [0.15, 0.2) is 10.1 Å². The monoisotopic (exact) mass is 368 g/mol. The summed E-state index contributed by atoms with van der Waals surface area (Å²) in [5.74, 6) is -0.218. The molecule has 0 aliphatic rings. The molecule has 0 spiro atoms. The molecule has 5 nitrogen and oxygen atoms in total. The largest absolute Gasteiger partial charge is 0.319 e. The fourth-order valence-corrected chi connectivity index (χ4v) is 3.74. The van der Waals surface area contributed by atoms with Crippen molar-refractivity contribution in [3.8, 4) is 11.3 Å². The Hall–Kier alpha value is -2.70. The van der Waals surface area contributed by atoms with E-state index in [1.165, 1.54) is 11.3 Å². The van der Waals surface area contributed by atoms with Crippen LogP contribution in [0.1, 0.15) is 15.4 Å². The van der Waals surface area contributed by atoms with Crippen LogP contribution in [0, 0.1) is 6.92 Å². The molecule has 25 heavy (non-hydrogen) atoms. The Labute approximate surface area is 152 Å². The summed E-state index contributed by atoms with van der Waals surface area (Å²) in [5.41, 5.74) is 3.26. The van der Waals surface area contributed by atoms with Crippen molar-refractivity contribution in [2.24, 2.45) is 0 Å². The quantitative estimate of drug-likeness (QED) is 0.534. The third-order valence-corrected chi connectivity index (χ3v) is 5.30. The zero-order valence-corrected chi connectivity index (χ0v) is 14.8. The fourth-order valence-electron chi connectivity index (χ4n) is 2.57. The first-order valence-corrected chi connectivity index (χ1v) is 8.78. The number of anilines is 1. The number of hydrogen-bond donors (Lipinski definition) is 1. The van der Waals surface area contributed by atoms with Crippen molar-refractivity contribution in [1.82, 2.24) is 14.4 Å². The van der Waals surface area contributed by atoms with Gasteiger partial charge >= 0.3 is 0 Å². The summed E-state index contributed by atoms with van der Waals surface area (Å²) in [7, 11) is 0. The van der Waals surface area contributed by atoms with Crippen molar-refractivity contribution in [2.45, 2.75) is 6.92 Å². The highest BCUT2D eigenvalue weighted by molar-refractivity contribution is 7.19. The molecule has 0 atom stereocenters. The summed E-state index contributed by atoms with van der Waals surface area (Å²) < 4.78 is 1.94. The van der Waals surface area contributed by atoms with Gasteiger partial charge in [-0.1, -0.05) is 53.3 Å². The first-order chi connectivity index (χ1) is 12.1. The van der Waals surface area contributed by atoms with Crippen LogP contribution in [0.2, 0.25) is 5.15 Å². The highest BCUT2D eigenvalue weighted by atomic mass is 35.5. The van der Waals surface area contributed by atoms with E-state index >= 15 is 0 Å². The summed E-state index contributed by atoms with van der Waals surface area (Å²) in [6.45, 7) is 1.90. The third kappa shape index (κ3) is 2.90. The number of aromatic nitrogens is 3. The second-order valence-electron chi connectivity index (χ2n) is 5.46. The van der Waals surface area contributed by atoms with E-state index < -0.39 is 0 Å². The molecular formula is C18H13ClN4OS. The molecule has 0 radical (unpaired) electrons. The number of halogens is 1. The maximum absolute atomic E-state index is 12.6. The standard InChI is InChI=1S/C18H13ClN4OS/c1-11-15(17(24)21-13-8-5-9-20-16(13)19)25-18-22-14(10-23(11)18)12-6-3-2-4-7-12/h2-10H,1H3,(H,21,24). The minimum Gasteiger partial charge on any atom is -0.319 e. The van der Waals surface area contributed by atoms with Crippen molar-refractivity contribution in [3.05, 3.63) is 70.6 Å². The van der Waals surface area contributed by atoms with E-state index in [0.29, 0.717) is 10.6 Å². The Morgan fingerprint density at radius 3 is 2.72 bits per heavy atom. The number of nitrogens with one attached hydrogen (secondary N) is 1. The number of hydrogen-bond acceptors (Lipinski definition) is 4. The number of aryl methyl sites for hydroxylation is 1. The Kier molecular flexibility index (Phi) is 3.99. The summed E-state index contributed by atoms with van der Waals surface area (Å²) in [6.07, 6.45) is 3.53. The molecule has 3 heterocycles. The highest BCUT2D eigenvalue weighted by Crippen LogP contribution is 2.28. The number of pyridine rings is 1. The molecule has 1 N–H and O–H groups in total. The second-order valence-corrected chi connectivity index (χ2v) is 6.79. The van der Waals surface area contributed by atoms with Crippen molar-refractivity contribution in [2.75, 3.05) is 5.32 Å². The van der Waals surface area contributed by atoms with Crippen LogP contribution in [-0.2, 0) is 0 Å². The van der Waals surface area contributed by atoms with Gasteiger partial charge in [0, 0.05) is 23.7 Å². The van der Waals surface area contributed by atoms with Crippen LogP contribution in [0.5, 0.6) is 0 Å². The van der Waals surface area contributed by atoms with Crippen LogP contribution < -0.4 is 5.32 Å². The molecule has 0 saturated heterocycles. The maximum Gasteiger partial charge on any atom is 0.267 e. The number of rotatable bonds is 3. The van der Waals surface area contributed by atoms with E-state index in [1.807, 2.05) is 47.9 Å². The number of carbonyl (C=O) groups excluding carboxylic acids is 1. The van der Waals surface area contributed by atoms with Gasteiger partial charge in [-0.25, -0.2) is 9.97 Å². The molecule has 0 fully saturated rings. The lowest BCUT2D eigenvalue weighted by Crippen LogP contribution is -2.12. The van der Waals surface area contributed by atoms with Gasteiger partial charge in [-0.05, 0) is 19.1 Å². The molecule has 7 heteroatoms. The molecule has 0 unspecified atom stereocenters. The normalized spacial score (nSPS) is 11.0. The number of thiazole rings is 1. The predicted molar refractivity (Wildman–Crippen MR) is 100 cm³/mol. The first kappa shape index (κ1) is 15.8. The molecule has 124 valence electrons. The molecule has 1 amide bonds. The number of nitrogens with zero attached hydrogens (tertiary/aromatic N) is 3. The molecule has 0 saturated carbocycles. The summed E-state index contributed by atoms with van der Waals surface area (Å²) in [6, 6.07) is 13.4. The second kappa shape index (κ2) is 6.31. The van der Waals surface area contributed by atoms with Gasteiger partial charge in [0.25, 0.3) is 5.91 Å². The summed E-state index contributed by atoms with van der Waals surface area (Å²) in [4.78, 5) is 22.6. The van der Waals surface area contributed by atoms with Crippen LogP contribution in [0.15, 0.2) is 54.9 Å². The number of imidazole rings is 1. The molecule has 4 rings (SSSR count). The van der Waals surface area contributed by atoms with E-state index in [4.69, 9.17) is 11.6 Å². The Morgan fingerprint density at radius 2 is 2.00 bits per heavy atom. The van der Waals surface area contributed by atoms with Crippen molar-refractivity contribution in [3.63, 3.8) is 0 Å². The maximum atomic E-state index is 12.6. The molecule has 0 aliphatic carbocycles.